The van der Waals surface area contributed by atoms with E-state index >= 15 is 0 Å². The van der Waals surface area contributed by atoms with E-state index in [9.17, 15) is 0 Å². The van der Waals surface area contributed by atoms with E-state index in [0.29, 0.717) is 6.04 Å². The van der Waals surface area contributed by atoms with E-state index in [-0.39, 0.29) is 30.3 Å². The lowest BCUT2D eigenvalue weighted by Crippen LogP contribution is -2.24. The molecule has 1 aromatic carbocycles. The Hall–Kier alpha value is -1.29. The Bertz CT molecular complexity index is 608. The topological polar surface area (TPSA) is 47.1 Å². The fourth-order valence-electron chi connectivity index (χ4n) is 3.30. The van der Waals surface area contributed by atoms with Crippen molar-refractivity contribution >= 4 is 36.7 Å². The van der Waals surface area contributed by atoms with Crippen LogP contribution in [0.3, 0.4) is 0 Å². The molecule has 108 valence electrons. The first-order valence-electron chi connectivity index (χ1n) is 6.11. The van der Waals surface area contributed by atoms with Crippen molar-refractivity contribution in [3.63, 3.8) is 0 Å². The highest BCUT2D eigenvalue weighted by atomic mass is 35.5. The van der Waals surface area contributed by atoms with Crippen molar-refractivity contribution in [2.75, 3.05) is 13.6 Å². The Morgan fingerprint density at radius 2 is 1.95 bits per heavy atom. The highest BCUT2D eigenvalue weighted by molar-refractivity contribution is 5.86. The van der Waals surface area contributed by atoms with E-state index in [1.807, 2.05) is 6.21 Å². The van der Waals surface area contributed by atoms with Crippen LogP contribution in [0.4, 0.5) is 0 Å². The van der Waals surface area contributed by atoms with E-state index in [1.165, 1.54) is 28.0 Å². The van der Waals surface area contributed by atoms with E-state index < -0.39 is 0 Å². The quantitative estimate of drug-likeness (QED) is 0.726. The molecule has 3 aliphatic rings. The van der Waals surface area contributed by atoms with E-state index in [0.717, 1.165) is 13.0 Å². The fraction of sp³-hybridized carbons (Fsp3) is 0.267. The van der Waals surface area contributed by atoms with Gasteiger partial charge in [0, 0.05) is 30.1 Å². The summed E-state index contributed by atoms with van der Waals surface area (Å²) in [6.45, 7) is 0.840. The third-order valence-corrected chi connectivity index (χ3v) is 4.11. The Morgan fingerprint density at radius 3 is 2.75 bits per heavy atom. The maximum absolute atomic E-state index is 4.40. The molecule has 0 amide bonds. The van der Waals surface area contributed by atoms with Crippen molar-refractivity contribution in [1.82, 2.24) is 4.90 Å². The van der Waals surface area contributed by atoms with Crippen LogP contribution in [-0.4, -0.2) is 30.2 Å². The monoisotopic (exact) mass is 312 g/mol. The van der Waals surface area contributed by atoms with Gasteiger partial charge in [0.25, 0.3) is 0 Å². The fourth-order valence-corrected chi connectivity index (χ4v) is 3.30. The third-order valence-electron chi connectivity index (χ3n) is 4.11. The van der Waals surface area contributed by atoms with Crippen molar-refractivity contribution in [3.05, 3.63) is 52.6 Å². The largest absolute Gasteiger partial charge is 0.412 e. The van der Waals surface area contributed by atoms with Gasteiger partial charge >= 0.3 is 0 Å². The zero-order chi connectivity index (χ0) is 11.4. The lowest BCUT2D eigenvalue weighted by Gasteiger charge is -2.33. The molecule has 3 heterocycles. The van der Waals surface area contributed by atoms with Gasteiger partial charge in [0.1, 0.15) is 0 Å². The van der Waals surface area contributed by atoms with Crippen LogP contribution in [0.25, 0.3) is 5.70 Å². The molecule has 1 aromatic rings. The maximum Gasteiger partial charge on any atom is 0.0662 e. The summed E-state index contributed by atoms with van der Waals surface area (Å²) in [4.78, 5) is 6.83. The standard InChI is InChI=1S/C15H14N2.2ClH.H2O/c1-17-14-8-10-6-7-16-9-13(10)15(17)12-5-3-2-4-11(12)14;;;/h2-7,14H,8-9H2,1H3;2*1H;1H2. The van der Waals surface area contributed by atoms with Crippen LogP contribution in [0.5, 0.6) is 0 Å². The molecule has 3 nitrogen and oxygen atoms in total. The zero-order valence-electron chi connectivity index (χ0n) is 11.2. The normalized spacial score (nSPS) is 20.9. The lowest BCUT2D eigenvalue weighted by molar-refractivity contribution is 0.362. The average Bonchev–Trinajstić information content (AvgIpc) is 2.56. The maximum atomic E-state index is 4.40. The average molecular weight is 313 g/mol. The minimum atomic E-state index is 0. The summed E-state index contributed by atoms with van der Waals surface area (Å²) in [5.74, 6) is 0. The summed E-state index contributed by atoms with van der Waals surface area (Å²) >= 11 is 0. The third kappa shape index (κ3) is 2.06. The molecule has 3 aliphatic heterocycles. The van der Waals surface area contributed by atoms with Crippen LogP contribution in [0, 0.1) is 0 Å². The molecule has 0 spiro atoms. The Balaban J connectivity index is 0.000000667. The second-order valence-electron chi connectivity index (χ2n) is 4.93. The molecule has 4 rings (SSSR count). The summed E-state index contributed by atoms with van der Waals surface area (Å²) < 4.78 is 0. The SMILES string of the molecule is CN1C2=C3CN=CC=C3CC1c1ccccc12.Cl.Cl.O. The van der Waals surface area contributed by atoms with Gasteiger partial charge in [0.05, 0.1) is 12.6 Å². The number of halogens is 2. The summed E-state index contributed by atoms with van der Waals surface area (Å²) in [5, 5.41) is 0. The van der Waals surface area contributed by atoms with Crippen LogP contribution in [0.1, 0.15) is 23.6 Å². The number of hydrogen-bond acceptors (Lipinski definition) is 2. The van der Waals surface area contributed by atoms with Crippen molar-refractivity contribution in [2.45, 2.75) is 12.5 Å². The molecule has 2 bridgehead atoms. The first kappa shape index (κ1) is 16.8. The number of nitrogens with zero attached hydrogens (tertiary/aromatic N) is 2. The summed E-state index contributed by atoms with van der Waals surface area (Å²) in [6, 6.07) is 9.32. The number of rotatable bonds is 0. The van der Waals surface area contributed by atoms with Gasteiger partial charge in [-0.2, -0.15) is 0 Å². The number of fused-ring (bicyclic) bond motifs is 6. The molecule has 0 aromatic heterocycles. The Morgan fingerprint density at radius 1 is 1.20 bits per heavy atom. The van der Waals surface area contributed by atoms with Gasteiger partial charge in [-0.25, -0.2) is 0 Å². The van der Waals surface area contributed by atoms with Gasteiger partial charge in [-0.15, -0.1) is 24.8 Å². The van der Waals surface area contributed by atoms with Gasteiger partial charge in [0.15, 0.2) is 0 Å². The van der Waals surface area contributed by atoms with E-state index in [2.05, 4.69) is 47.3 Å². The molecule has 0 saturated carbocycles. The number of benzene rings is 1. The van der Waals surface area contributed by atoms with Gasteiger partial charge in [0.2, 0.25) is 0 Å². The second-order valence-corrected chi connectivity index (χ2v) is 4.93. The Kier molecular flexibility index (Phi) is 5.03. The molecule has 0 radical (unpaired) electrons. The molecule has 1 unspecified atom stereocenters. The van der Waals surface area contributed by atoms with Crippen LogP contribution < -0.4 is 0 Å². The highest BCUT2D eigenvalue weighted by Gasteiger charge is 2.38. The summed E-state index contributed by atoms with van der Waals surface area (Å²) in [7, 11) is 2.21. The minimum absolute atomic E-state index is 0. The molecule has 1 atom stereocenters. The number of aliphatic imine (C=N–C) groups is 1. The molecule has 20 heavy (non-hydrogen) atoms. The van der Waals surface area contributed by atoms with Crippen molar-refractivity contribution in [2.24, 2.45) is 4.99 Å². The smallest absolute Gasteiger partial charge is 0.0662 e. The van der Waals surface area contributed by atoms with Gasteiger partial charge in [-0.1, -0.05) is 24.3 Å². The molecule has 2 N–H and O–H groups in total. The molecule has 0 aliphatic carbocycles. The molecule has 5 heteroatoms. The first-order chi connectivity index (χ1) is 8.36. The van der Waals surface area contributed by atoms with Crippen LogP contribution in [0.2, 0.25) is 0 Å². The van der Waals surface area contributed by atoms with Crippen LogP contribution >= 0.6 is 24.8 Å². The number of hydrogen-bond donors (Lipinski definition) is 0. The zero-order valence-corrected chi connectivity index (χ0v) is 12.8. The van der Waals surface area contributed by atoms with Crippen molar-refractivity contribution in [1.29, 1.82) is 0 Å². The molecule has 0 saturated heterocycles. The van der Waals surface area contributed by atoms with Gasteiger partial charge in [-0.3, -0.25) is 4.99 Å². The minimum Gasteiger partial charge on any atom is -0.412 e. The predicted molar refractivity (Wildman–Crippen MR) is 88.0 cm³/mol. The highest BCUT2D eigenvalue weighted by Crippen LogP contribution is 2.50. The van der Waals surface area contributed by atoms with E-state index in [1.54, 1.807) is 0 Å². The first-order valence-corrected chi connectivity index (χ1v) is 6.11. The van der Waals surface area contributed by atoms with Crippen molar-refractivity contribution in [3.8, 4) is 0 Å². The van der Waals surface area contributed by atoms with Crippen LogP contribution in [-0.2, 0) is 0 Å². The van der Waals surface area contributed by atoms with Crippen LogP contribution in [0.15, 0.2) is 46.5 Å². The van der Waals surface area contributed by atoms with Gasteiger partial charge in [-0.05, 0) is 23.6 Å². The summed E-state index contributed by atoms with van der Waals surface area (Å²) in [6.07, 6.45) is 5.26. The molecule has 0 fully saturated rings. The molecular formula is C15H18Cl2N2O. The van der Waals surface area contributed by atoms with Gasteiger partial charge < -0.3 is 10.4 Å². The van der Waals surface area contributed by atoms with E-state index in [4.69, 9.17) is 0 Å². The Labute approximate surface area is 131 Å². The second kappa shape index (κ2) is 6.00. The molecular weight excluding hydrogens is 295 g/mol. The number of dihydropyridines is 1. The summed E-state index contributed by atoms with van der Waals surface area (Å²) in [5.41, 5.74) is 7.20. The lowest BCUT2D eigenvalue weighted by atomic mass is 9.92. The predicted octanol–water partition coefficient (Wildman–Crippen LogP) is 2.82. The van der Waals surface area contributed by atoms with Crippen molar-refractivity contribution < 1.29 is 5.48 Å². The number of allylic oxidation sites excluding steroid dienone is 1.